The second-order valence-corrected chi connectivity index (χ2v) is 6.18. The first kappa shape index (κ1) is 10.1. The zero-order valence-corrected chi connectivity index (χ0v) is 10.1. The molecule has 0 aromatic carbocycles. The average Bonchev–Trinajstić information content (AvgIpc) is 2.80. The lowest BCUT2D eigenvalue weighted by atomic mass is 9.98. The van der Waals surface area contributed by atoms with Gasteiger partial charge in [0.2, 0.25) is 0 Å². The molecule has 3 aliphatic rings. The largest absolute Gasteiger partial charge is 0.311 e. The summed E-state index contributed by atoms with van der Waals surface area (Å²) < 4.78 is 0. The van der Waals surface area contributed by atoms with E-state index in [1.54, 1.807) is 0 Å². The Balaban J connectivity index is 1.53. The maximum absolute atomic E-state index is 3.73. The molecule has 0 aromatic rings. The summed E-state index contributed by atoms with van der Waals surface area (Å²) in [7, 11) is 2.35. The summed E-state index contributed by atoms with van der Waals surface area (Å²) in [4.78, 5) is 2.65. The van der Waals surface area contributed by atoms with E-state index >= 15 is 0 Å². The van der Waals surface area contributed by atoms with Gasteiger partial charge in [0.25, 0.3) is 0 Å². The Morgan fingerprint density at radius 2 is 1.73 bits per heavy atom. The third-order valence-corrected chi connectivity index (χ3v) is 4.87. The zero-order chi connectivity index (χ0) is 10.4. The first-order valence-corrected chi connectivity index (χ1v) is 6.68. The van der Waals surface area contributed by atoms with Crippen molar-refractivity contribution in [2.75, 3.05) is 13.6 Å². The SMILES string of the molecule is CC1CC1CN(C)C1CC2CCC(C1)N2. The quantitative estimate of drug-likeness (QED) is 0.761. The topological polar surface area (TPSA) is 15.3 Å². The van der Waals surface area contributed by atoms with Gasteiger partial charge in [0.05, 0.1) is 0 Å². The van der Waals surface area contributed by atoms with Crippen LogP contribution in [0.3, 0.4) is 0 Å². The van der Waals surface area contributed by atoms with Crippen molar-refractivity contribution < 1.29 is 0 Å². The van der Waals surface area contributed by atoms with Gasteiger partial charge in [-0.3, -0.25) is 0 Å². The van der Waals surface area contributed by atoms with Crippen molar-refractivity contribution in [3.8, 4) is 0 Å². The summed E-state index contributed by atoms with van der Waals surface area (Å²) in [5.41, 5.74) is 0. The van der Waals surface area contributed by atoms with Crippen molar-refractivity contribution in [1.82, 2.24) is 10.2 Å². The van der Waals surface area contributed by atoms with Gasteiger partial charge in [-0.05, 0) is 51.0 Å². The van der Waals surface area contributed by atoms with Crippen LogP contribution in [0.2, 0.25) is 0 Å². The van der Waals surface area contributed by atoms with Gasteiger partial charge in [0, 0.05) is 24.7 Å². The van der Waals surface area contributed by atoms with Crippen LogP contribution in [0.5, 0.6) is 0 Å². The van der Waals surface area contributed by atoms with Crippen LogP contribution in [-0.2, 0) is 0 Å². The number of hydrogen-bond donors (Lipinski definition) is 1. The summed E-state index contributed by atoms with van der Waals surface area (Å²) in [5.74, 6) is 2.02. The van der Waals surface area contributed by atoms with Crippen LogP contribution >= 0.6 is 0 Å². The van der Waals surface area contributed by atoms with E-state index in [1.807, 2.05) is 0 Å². The Hall–Kier alpha value is -0.0800. The van der Waals surface area contributed by atoms with E-state index in [4.69, 9.17) is 0 Å². The molecule has 2 nitrogen and oxygen atoms in total. The van der Waals surface area contributed by atoms with Gasteiger partial charge in [-0.1, -0.05) is 6.92 Å². The maximum atomic E-state index is 3.73. The van der Waals surface area contributed by atoms with Gasteiger partial charge in [-0.25, -0.2) is 0 Å². The third-order valence-electron chi connectivity index (χ3n) is 4.87. The van der Waals surface area contributed by atoms with E-state index in [2.05, 4.69) is 24.2 Å². The molecular formula is C13H24N2. The van der Waals surface area contributed by atoms with E-state index in [0.29, 0.717) is 0 Å². The number of nitrogens with zero attached hydrogens (tertiary/aromatic N) is 1. The molecule has 15 heavy (non-hydrogen) atoms. The molecule has 2 heterocycles. The van der Waals surface area contributed by atoms with Crippen LogP contribution in [0, 0.1) is 11.8 Å². The number of rotatable bonds is 3. The standard InChI is InChI=1S/C13H24N2/c1-9-5-10(9)8-15(2)13-6-11-3-4-12(7-13)14-11/h9-14H,3-8H2,1-2H3. The van der Waals surface area contributed by atoms with E-state index in [0.717, 1.165) is 30.0 Å². The molecule has 3 rings (SSSR count). The molecule has 0 amide bonds. The van der Waals surface area contributed by atoms with Crippen molar-refractivity contribution in [2.24, 2.45) is 11.8 Å². The molecule has 0 spiro atoms. The summed E-state index contributed by atoms with van der Waals surface area (Å²) >= 11 is 0. The minimum atomic E-state index is 0.841. The summed E-state index contributed by atoms with van der Waals surface area (Å²) in [6.45, 7) is 3.75. The molecule has 0 aromatic heterocycles. The zero-order valence-electron chi connectivity index (χ0n) is 10.1. The monoisotopic (exact) mass is 208 g/mol. The molecular weight excluding hydrogens is 184 g/mol. The number of nitrogens with one attached hydrogen (secondary N) is 1. The molecule has 1 saturated carbocycles. The highest BCUT2D eigenvalue weighted by molar-refractivity contribution is 4.96. The highest BCUT2D eigenvalue weighted by atomic mass is 15.2. The van der Waals surface area contributed by atoms with Gasteiger partial charge in [0.1, 0.15) is 0 Å². The van der Waals surface area contributed by atoms with E-state index in [1.165, 1.54) is 38.6 Å². The lowest BCUT2D eigenvalue weighted by Gasteiger charge is -2.35. The predicted molar refractivity (Wildman–Crippen MR) is 62.9 cm³/mol. The highest BCUT2D eigenvalue weighted by Gasteiger charge is 2.38. The smallest absolute Gasteiger partial charge is 0.0122 e. The Morgan fingerprint density at radius 3 is 2.27 bits per heavy atom. The Kier molecular flexibility index (Phi) is 2.52. The van der Waals surface area contributed by atoms with Gasteiger partial charge in [0.15, 0.2) is 0 Å². The minimum Gasteiger partial charge on any atom is -0.311 e. The average molecular weight is 208 g/mol. The highest BCUT2D eigenvalue weighted by Crippen LogP contribution is 2.39. The lowest BCUT2D eigenvalue weighted by molar-refractivity contribution is 0.165. The van der Waals surface area contributed by atoms with Crippen molar-refractivity contribution >= 4 is 0 Å². The van der Waals surface area contributed by atoms with Crippen LogP contribution in [0.4, 0.5) is 0 Å². The second-order valence-electron chi connectivity index (χ2n) is 6.18. The predicted octanol–water partition coefficient (Wildman–Crippen LogP) is 1.86. The molecule has 2 heteroatoms. The molecule has 1 N–H and O–H groups in total. The van der Waals surface area contributed by atoms with Crippen molar-refractivity contribution in [3.05, 3.63) is 0 Å². The second kappa shape index (κ2) is 3.74. The summed E-state index contributed by atoms with van der Waals surface area (Å²) in [5, 5.41) is 3.73. The molecule has 2 bridgehead atoms. The molecule has 2 aliphatic heterocycles. The van der Waals surface area contributed by atoms with Crippen LogP contribution in [-0.4, -0.2) is 36.6 Å². The summed E-state index contributed by atoms with van der Waals surface area (Å²) in [6.07, 6.45) is 7.12. The van der Waals surface area contributed by atoms with Crippen LogP contribution < -0.4 is 5.32 Å². The number of fused-ring (bicyclic) bond motifs is 2. The Morgan fingerprint density at radius 1 is 1.13 bits per heavy atom. The van der Waals surface area contributed by atoms with Crippen LogP contribution in [0.25, 0.3) is 0 Å². The number of hydrogen-bond acceptors (Lipinski definition) is 2. The molecule has 86 valence electrons. The molecule has 4 unspecified atom stereocenters. The molecule has 1 aliphatic carbocycles. The van der Waals surface area contributed by atoms with Crippen LogP contribution in [0.15, 0.2) is 0 Å². The van der Waals surface area contributed by atoms with Crippen molar-refractivity contribution in [2.45, 2.75) is 57.2 Å². The van der Waals surface area contributed by atoms with E-state index in [-0.39, 0.29) is 0 Å². The van der Waals surface area contributed by atoms with E-state index < -0.39 is 0 Å². The van der Waals surface area contributed by atoms with Gasteiger partial charge >= 0.3 is 0 Å². The van der Waals surface area contributed by atoms with Crippen molar-refractivity contribution in [1.29, 1.82) is 0 Å². The molecule has 0 radical (unpaired) electrons. The van der Waals surface area contributed by atoms with Crippen LogP contribution in [0.1, 0.15) is 39.0 Å². The third kappa shape index (κ3) is 2.07. The fourth-order valence-electron chi connectivity index (χ4n) is 3.56. The molecule has 2 saturated heterocycles. The maximum Gasteiger partial charge on any atom is 0.0122 e. The summed E-state index contributed by atoms with van der Waals surface area (Å²) in [6, 6.07) is 2.55. The fraction of sp³-hybridized carbons (Fsp3) is 1.00. The fourth-order valence-corrected chi connectivity index (χ4v) is 3.56. The minimum absolute atomic E-state index is 0.841. The Bertz CT molecular complexity index is 229. The van der Waals surface area contributed by atoms with Gasteiger partial charge < -0.3 is 10.2 Å². The number of piperidine rings is 1. The van der Waals surface area contributed by atoms with E-state index in [9.17, 15) is 0 Å². The first-order chi connectivity index (χ1) is 7.22. The van der Waals surface area contributed by atoms with Gasteiger partial charge in [-0.15, -0.1) is 0 Å². The Labute approximate surface area is 93.4 Å². The molecule has 3 fully saturated rings. The normalized spacial score (nSPS) is 48.6. The molecule has 4 atom stereocenters. The lowest BCUT2D eigenvalue weighted by Crippen LogP contribution is -2.47. The van der Waals surface area contributed by atoms with Gasteiger partial charge in [-0.2, -0.15) is 0 Å². The van der Waals surface area contributed by atoms with Crippen molar-refractivity contribution in [3.63, 3.8) is 0 Å². The first-order valence-electron chi connectivity index (χ1n) is 6.68.